The maximum atomic E-state index is 14.6. The molecule has 0 saturated carbocycles. The van der Waals surface area contributed by atoms with Crippen LogP contribution in [-0.2, 0) is 49.9 Å². The van der Waals surface area contributed by atoms with Crippen molar-refractivity contribution in [3.63, 3.8) is 0 Å². The average molecular weight is 853 g/mol. The predicted octanol–water partition coefficient (Wildman–Crippen LogP) is 9.44. The molecule has 16 heteroatoms. The zero-order chi connectivity index (χ0) is 43.4. The SMILES string of the molecule is CC(C)(C)OP(=O)(CN1CCN(C(=O)OCc2ccccc2)CCN(CP(=O)(OC(C)(C)C)OC(C)(C)C)CCN(C(=O)OCc2ccccc2)CC1)OC(C)(C)C. The molecule has 2 amide bonds. The van der Waals surface area contributed by atoms with Crippen molar-refractivity contribution < 1.29 is 46.3 Å². The van der Waals surface area contributed by atoms with Gasteiger partial charge in [0.05, 0.1) is 22.4 Å². The molecule has 0 bridgehead atoms. The van der Waals surface area contributed by atoms with E-state index in [1.807, 2.05) is 154 Å². The summed E-state index contributed by atoms with van der Waals surface area (Å²) in [4.78, 5) is 34.7. The fourth-order valence-corrected chi connectivity index (χ4v) is 11.3. The molecule has 0 aliphatic carbocycles. The molecule has 0 N–H and O–H groups in total. The Morgan fingerprint density at radius 1 is 0.466 bits per heavy atom. The van der Waals surface area contributed by atoms with Gasteiger partial charge in [-0.1, -0.05) is 60.7 Å². The van der Waals surface area contributed by atoms with E-state index in [2.05, 4.69) is 0 Å². The van der Waals surface area contributed by atoms with Gasteiger partial charge in [0.1, 0.15) is 25.8 Å². The van der Waals surface area contributed by atoms with Crippen molar-refractivity contribution in [1.82, 2.24) is 19.6 Å². The lowest BCUT2D eigenvalue weighted by atomic mass is 10.2. The van der Waals surface area contributed by atoms with Gasteiger partial charge in [-0.05, 0) is 94.2 Å². The number of rotatable bonds is 12. The van der Waals surface area contributed by atoms with Crippen LogP contribution in [0, 0.1) is 0 Å². The minimum atomic E-state index is -3.78. The number of hydrogen-bond donors (Lipinski definition) is 0. The van der Waals surface area contributed by atoms with Crippen LogP contribution in [0.2, 0.25) is 0 Å². The van der Waals surface area contributed by atoms with Crippen LogP contribution in [0.4, 0.5) is 9.59 Å². The summed E-state index contributed by atoms with van der Waals surface area (Å²) in [6.45, 7) is 23.7. The van der Waals surface area contributed by atoms with E-state index in [1.54, 1.807) is 9.80 Å². The summed E-state index contributed by atoms with van der Waals surface area (Å²) >= 11 is 0. The second kappa shape index (κ2) is 21.1. The lowest BCUT2D eigenvalue weighted by Gasteiger charge is -2.38. The molecule has 328 valence electrons. The molecule has 0 spiro atoms. The summed E-state index contributed by atoms with van der Waals surface area (Å²) in [5.74, 6) is 0. The van der Waals surface area contributed by atoms with E-state index in [9.17, 15) is 18.7 Å². The first-order valence-electron chi connectivity index (χ1n) is 20.1. The number of ether oxygens (including phenoxy) is 2. The molecule has 0 atom stereocenters. The first kappa shape index (κ1) is 49.6. The smallest absolute Gasteiger partial charge is 0.410 e. The normalized spacial score (nSPS) is 16.7. The Balaban J connectivity index is 2.01. The molecule has 2 aromatic carbocycles. The van der Waals surface area contributed by atoms with E-state index in [4.69, 9.17) is 27.6 Å². The Kier molecular flexibility index (Phi) is 18.1. The van der Waals surface area contributed by atoms with Crippen molar-refractivity contribution in [3.05, 3.63) is 71.8 Å². The number of hydrogen-bond acceptors (Lipinski definition) is 12. The predicted molar refractivity (Wildman–Crippen MR) is 228 cm³/mol. The molecule has 0 radical (unpaired) electrons. The third-order valence-electron chi connectivity index (χ3n) is 8.07. The van der Waals surface area contributed by atoms with Crippen molar-refractivity contribution in [2.75, 3.05) is 64.9 Å². The second-order valence-corrected chi connectivity index (χ2v) is 22.3. The topological polar surface area (TPSA) is 137 Å². The van der Waals surface area contributed by atoms with Crippen LogP contribution >= 0.6 is 15.2 Å². The third-order valence-corrected chi connectivity index (χ3v) is 12.9. The highest BCUT2D eigenvalue weighted by molar-refractivity contribution is 7.54. The van der Waals surface area contributed by atoms with Crippen LogP contribution < -0.4 is 0 Å². The Labute approximate surface area is 347 Å². The average Bonchev–Trinajstić information content (AvgIpc) is 3.05. The van der Waals surface area contributed by atoms with Gasteiger partial charge >= 0.3 is 27.4 Å². The highest BCUT2D eigenvalue weighted by Crippen LogP contribution is 2.55. The van der Waals surface area contributed by atoms with E-state index in [1.165, 1.54) is 0 Å². The zero-order valence-corrected chi connectivity index (χ0v) is 38.8. The van der Waals surface area contributed by atoms with Crippen LogP contribution in [0.3, 0.4) is 0 Å². The summed E-state index contributed by atoms with van der Waals surface area (Å²) in [6, 6.07) is 18.8. The molecule has 1 saturated heterocycles. The fraction of sp³-hybridized carbons (Fsp3) is 0.667. The molecular formula is C42H70N4O10P2. The van der Waals surface area contributed by atoms with Crippen molar-refractivity contribution in [3.8, 4) is 0 Å². The van der Waals surface area contributed by atoms with E-state index in [0.29, 0.717) is 0 Å². The lowest BCUT2D eigenvalue weighted by Crippen LogP contribution is -2.49. The molecule has 2 aromatic rings. The highest BCUT2D eigenvalue weighted by Gasteiger charge is 2.39. The Hall–Kier alpha value is -2.80. The van der Waals surface area contributed by atoms with Gasteiger partial charge in [0.15, 0.2) is 0 Å². The van der Waals surface area contributed by atoms with E-state index in [0.717, 1.165) is 11.1 Å². The molecule has 3 rings (SSSR count). The molecule has 0 aromatic heterocycles. The van der Waals surface area contributed by atoms with Crippen LogP contribution in [-0.4, -0.2) is 119 Å². The largest absolute Gasteiger partial charge is 0.445 e. The van der Waals surface area contributed by atoms with Crippen molar-refractivity contribution >= 4 is 27.4 Å². The molecule has 1 aliphatic rings. The fourth-order valence-electron chi connectivity index (χ4n) is 6.08. The van der Waals surface area contributed by atoms with Crippen molar-refractivity contribution in [1.29, 1.82) is 0 Å². The number of amides is 2. The van der Waals surface area contributed by atoms with E-state index >= 15 is 0 Å². The Bertz CT molecular complexity index is 1490. The maximum Gasteiger partial charge on any atom is 0.410 e. The zero-order valence-electron chi connectivity index (χ0n) is 37.0. The van der Waals surface area contributed by atoms with Gasteiger partial charge in [0, 0.05) is 52.4 Å². The standard InChI is InChI=1S/C42H70N4O10P2/c1-39(2,3)53-57(49,54-40(4,5)6)33-43-23-27-45(37(47)51-31-35-19-15-13-16-20-35)29-25-44(34-58(50,55-41(7,8)9)56-42(10,11)12)26-30-46(28-24-43)38(48)52-32-36-21-17-14-18-22-36/h13-22H,23-34H2,1-12H3. The minimum absolute atomic E-state index is 0.0751. The van der Waals surface area contributed by atoms with E-state index in [-0.39, 0.29) is 78.1 Å². The number of nitrogens with zero attached hydrogens (tertiary/aromatic N) is 4. The Morgan fingerprint density at radius 2 is 0.724 bits per heavy atom. The van der Waals surface area contributed by atoms with Gasteiger partial charge in [0.2, 0.25) is 0 Å². The van der Waals surface area contributed by atoms with Gasteiger partial charge < -0.3 is 37.4 Å². The van der Waals surface area contributed by atoms with Gasteiger partial charge in [-0.25, -0.2) is 9.59 Å². The molecule has 1 fully saturated rings. The van der Waals surface area contributed by atoms with Gasteiger partial charge in [-0.2, -0.15) is 0 Å². The maximum absolute atomic E-state index is 14.6. The number of benzene rings is 2. The Morgan fingerprint density at radius 3 is 0.966 bits per heavy atom. The first-order chi connectivity index (χ1) is 26.7. The number of carbonyl (C=O) groups excluding carboxylic acids is 2. The quantitative estimate of drug-likeness (QED) is 0.188. The molecular weight excluding hydrogens is 782 g/mol. The van der Waals surface area contributed by atoms with Crippen LogP contribution in [0.1, 0.15) is 94.2 Å². The summed E-state index contributed by atoms with van der Waals surface area (Å²) in [6.07, 6.45) is -1.25. The van der Waals surface area contributed by atoms with Crippen molar-refractivity contribution in [2.24, 2.45) is 0 Å². The van der Waals surface area contributed by atoms with Crippen LogP contribution in [0.5, 0.6) is 0 Å². The summed E-state index contributed by atoms with van der Waals surface area (Å²) in [5, 5.41) is 0. The molecule has 1 aliphatic heterocycles. The molecule has 58 heavy (non-hydrogen) atoms. The van der Waals surface area contributed by atoms with Crippen molar-refractivity contribution in [2.45, 2.75) is 119 Å². The summed E-state index contributed by atoms with van der Waals surface area (Å²) in [7, 11) is -7.56. The van der Waals surface area contributed by atoms with Gasteiger partial charge in [-0.15, -0.1) is 0 Å². The van der Waals surface area contributed by atoms with E-state index < -0.39 is 49.8 Å². The monoisotopic (exact) mass is 852 g/mol. The van der Waals surface area contributed by atoms with Gasteiger partial charge in [-0.3, -0.25) is 18.9 Å². The first-order valence-corrected chi connectivity index (χ1v) is 23.5. The summed E-state index contributed by atoms with van der Waals surface area (Å²) < 4.78 is 65.4. The second-order valence-electron chi connectivity index (χ2n) is 18.6. The number of carbonyl (C=O) groups is 2. The summed E-state index contributed by atoms with van der Waals surface area (Å²) in [5.41, 5.74) is -1.47. The van der Waals surface area contributed by atoms with Gasteiger partial charge in [0.25, 0.3) is 0 Å². The minimum Gasteiger partial charge on any atom is -0.445 e. The molecule has 1 heterocycles. The molecule has 14 nitrogen and oxygen atoms in total. The van der Waals surface area contributed by atoms with Crippen LogP contribution in [0.15, 0.2) is 60.7 Å². The highest BCUT2D eigenvalue weighted by atomic mass is 31.2. The molecule has 0 unspecified atom stereocenters. The lowest BCUT2D eigenvalue weighted by molar-refractivity contribution is 0.0402. The third kappa shape index (κ3) is 20.0. The van der Waals surface area contributed by atoms with Crippen LogP contribution in [0.25, 0.3) is 0 Å².